The molecule has 0 radical (unpaired) electrons. The van der Waals surface area contributed by atoms with Gasteiger partial charge in [0.05, 0.1) is 6.04 Å². The summed E-state index contributed by atoms with van der Waals surface area (Å²) in [5.74, 6) is -0.456. The lowest BCUT2D eigenvalue weighted by molar-refractivity contribution is -0.136. The van der Waals surface area contributed by atoms with Crippen molar-refractivity contribution in [2.75, 3.05) is 26.7 Å². The van der Waals surface area contributed by atoms with Crippen molar-refractivity contribution >= 4 is 17.5 Å². The van der Waals surface area contributed by atoms with Crippen LogP contribution in [-0.4, -0.2) is 62.7 Å². The van der Waals surface area contributed by atoms with Crippen molar-refractivity contribution in [3.63, 3.8) is 0 Å². The number of aryl methyl sites for hydroxylation is 2. The van der Waals surface area contributed by atoms with Crippen molar-refractivity contribution < 1.29 is 9.59 Å². The lowest BCUT2D eigenvalue weighted by Crippen LogP contribution is -2.49. The molecule has 1 aliphatic heterocycles. The molecular weight excluding hydrogens is 392 g/mol. The monoisotopic (exact) mass is 420 g/mol. The first-order valence-electron chi connectivity index (χ1n) is 10.5. The fraction of sp³-hybridized carbons (Fsp3) is 0.391. The third-order valence-corrected chi connectivity index (χ3v) is 6.16. The van der Waals surface area contributed by atoms with Crippen molar-refractivity contribution in [1.29, 1.82) is 0 Å². The van der Waals surface area contributed by atoms with Crippen molar-refractivity contribution in [1.82, 2.24) is 24.2 Å². The molecule has 1 fully saturated rings. The molecule has 1 saturated heterocycles. The lowest BCUT2D eigenvalue weighted by Gasteiger charge is -2.40. The number of carbonyl (C=O) groups is 2. The Morgan fingerprint density at radius 2 is 1.90 bits per heavy atom. The van der Waals surface area contributed by atoms with Crippen LogP contribution >= 0.6 is 0 Å². The van der Waals surface area contributed by atoms with Crippen molar-refractivity contribution in [3.8, 4) is 0 Å². The SMILES string of the molecule is Cc1nc2c(C(N)=O)ncn2c(C)c1CCC(=O)N1CCN(C)C[C@H]1c1ccccc1. The predicted molar refractivity (Wildman–Crippen MR) is 118 cm³/mol. The van der Waals surface area contributed by atoms with Crippen LogP contribution in [0.1, 0.15) is 45.5 Å². The van der Waals surface area contributed by atoms with Gasteiger partial charge in [-0.25, -0.2) is 9.97 Å². The lowest BCUT2D eigenvalue weighted by atomic mass is 10.0. The van der Waals surface area contributed by atoms with Gasteiger partial charge in [-0.2, -0.15) is 0 Å². The number of fused-ring (bicyclic) bond motifs is 1. The van der Waals surface area contributed by atoms with Gasteiger partial charge >= 0.3 is 0 Å². The van der Waals surface area contributed by atoms with Gasteiger partial charge in [-0.15, -0.1) is 0 Å². The Kier molecular flexibility index (Phi) is 5.73. The van der Waals surface area contributed by atoms with Crippen molar-refractivity contribution in [2.45, 2.75) is 32.7 Å². The zero-order valence-corrected chi connectivity index (χ0v) is 18.2. The van der Waals surface area contributed by atoms with Crippen LogP contribution < -0.4 is 5.73 Å². The first-order chi connectivity index (χ1) is 14.9. The topological polar surface area (TPSA) is 96.8 Å². The van der Waals surface area contributed by atoms with Crippen molar-refractivity contribution in [2.24, 2.45) is 5.73 Å². The molecule has 0 aliphatic carbocycles. The van der Waals surface area contributed by atoms with Gasteiger partial charge in [0.2, 0.25) is 5.91 Å². The van der Waals surface area contributed by atoms with E-state index in [9.17, 15) is 9.59 Å². The van der Waals surface area contributed by atoms with Crippen molar-refractivity contribution in [3.05, 3.63) is 64.9 Å². The molecule has 8 heteroatoms. The van der Waals surface area contributed by atoms with Gasteiger partial charge in [0.25, 0.3) is 5.91 Å². The van der Waals surface area contributed by atoms with E-state index in [2.05, 4.69) is 34.0 Å². The standard InChI is InChI=1S/C23H28N6O2/c1-15-18(16(2)29-14-25-21(22(24)31)23(29)26-15)9-10-20(30)28-12-11-27(3)13-19(28)17-7-5-4-6-8-17/h4-8,14,19H,9-13H2,1-3H3,(H2,24,31)/t19-/m0/s1. The minimum Gasteiger partial charge on any atom is -0.364 e. The van der Waals surface area contributed by atoms with Crippen LogP contribution in [0.4, 0.5) is 0 Å². The number of piperazine rings is 1. The number of primary amides is 1. The number of hydrogen-bond acceptors (Lipinski definition) is 5. The highest BCUT2D eigenvalue weighted by Gasteiger charge is 2.30. The molecule has 1 aliphatic rings. The van der Waals surface area contributed by atoms with Gasteiger partial charge in [0.15, 0.2) is 11.3 Å². The third kappa shape index (κ3) is 4.03. The number of nitrogens with zero attached hydrogens (tertiary/aromatic N) is 5. The second kappa shape index (κ2) is 8.47. The summed E-state index contributed by atoms with van der Waals surface area (Å²) in [4.78, 5) is 37.8. The van der Waals surface area contributed by atoms with Gasteiger partial charge in [-0.05, 0) is 38.4 Å². The number of hydrogen-bond donors (Lipinski definition) is 1. The van der Waals surface area contributed by atoms with E-state index in [1.807, 2.05) is 36.9 Å². The van der Waals surface area contributed by atoms with Crippen LogP contribution in [0.25, 0.3) is 5.65 Å². The highest BCUT2D eigenvalue weighted by molar-refractivity contribution is 5.96. The summed E-state index contributed by atoms with van der Waals surface area (Å²) in [5, 5.41) is 0. The molecule has 2 aromatic heterocycles. The average molecular weight is 421 g/mol. The highest BCUT2D eigenvalue weighted by Crippen LogP contribution is 2.26. The molecule has 0 spiro atoms. The summed E-state index contributed by atoms with van der Waals surface area (Å²) < 4.78 is 1.77. The fourth-order valence-electron chi connectivity index (χ4n) is 4.42. The maximum absolute atomic E-state index is 13.2. The van der Waals surface area contributed by atoms with Crippen LogP contribution in [0.5, 0.6) is 0 Å². The Morgan fingerprint density at radius 3 is 2.61 bits per heavy atom. The van der Waals surface area contributed by atoms with Gasteiger partial charge in [0, 0.05) is 37.4 Å². The number of imidazole rings is 1. The van der Waals surface area contributed by atoms with Gasteiger partial charge < -0.3 is 15.5 Å². The summed E-state index contributed by atoms with van der Waals surface area (Å²) in [6.45, 7) is 6.26. The number of carbonyl (C=O) groups excluding carboxylic acids is 2. The Labute approximate surface area is 181 Å². The smallest absolute Gasteiger partial charge is 0.271 e. The summed E-state index contributed by atoms with van der Waals surface area (Å²) in [6.07, 6.45) is 2.55. The number of nitrogens with two attached hydrogens (primary N) is 1. The van der Waals surface area contributed by atoms with Crippen LogP contribution in [0.15, 0.2) is 36.7 Å². The second-order valence-corrected chi connectivity index (χ2v) is 8.19. The molecule has 0 saturated carbocycles. The largest absolute Gasteiger partial charge is 0.364 e. The molecule has 3 aromatic rings. The molecule has 162 valence electrons. The van der Waals surface area contributed by atoms with Gasteiger partial charge in [0.1, 0.15) is 6.33 Å². The zero-order chi connectivity index (χ0) is 22.1. The summed E-state index contributed by atoms with van der Waals surface area (Å²) in [7, 11) is 2.09. The number of benzene rings is 1. The summed E-state index contributed by atoms with van der Waals surface area (Å²) >= 11 is 0. The van der Waals surface area contributed by atoms with Crippen LogP contribution in [0.2, 0.25) is 0 Å². The summed E-state index contributed by atoms with van der Waals surface area (Å²) in [5.41, 5.74) is 9.91. The van der Waals surface area contributed by atoms with Gasteiger partial charge in [-0.1, -0.05) is 30.3 Å². The van der Waals surface area contributed by atoms with Crippen LogP contribution in [-0.2, 0) is 11.2 Å². The number of likely N-dealkylation sites (N-methyl/N-ethyl adjacent to an activating group) is 1. The maximum Gasteiger partial charge on any atom is 0.271 e. The van der Waals surface area contributed by atoms with Crippen LogP contribution in [0, 0.1) is 13.8 Å². The van der Waals surface area contributed by atoms with E-state index in [-0.39, 0.29) is 17.6 Å². The third-order valence-electron chi connectivity index (χ3n) is 6.16. The second-order valence-electron chi connectivity index (χ2n) is 8.19. The minimum absolute atomic E-state index is 0.0574. The summed E-state index contributed by atoms with van der Waals surface area (Å²) in [6, 6.07) is 10.3. The molecule has 4 rings (SSSR count). The molecule has 0 unspecified atom stereocenters. The number of aromatic nitrogens is 3. The molecule has 0 bridgehead atoms. The molecule has 8 nitrogen and oxygen atoms in total. The quantitative estimate of drug-likeness (QED) is 0.680. The molecule has 1 aromatic carbocycles. The first kappa shape index (κ1) is 21.0. The Hall–Kier alpha value is -3.26. The van der Waals surface area contributed by atoms with Crippen LogP contribution in [0.3, 0.4) is 0 Å². The molecule has 31 heavy (non-hydrogen) atoms. The molecular formula is C23H28N6O2. The highest BCUT2D eigenvalue weighted by atomic mass is 16.2. The normalized spacial score (nSPS) is 17.3. The maximum atomic E-state index is 13.2. The number of amides is 2. The predicted octanol–water partition coefficient (Wildman–Crippen LogP) is 1.89. The van der Waals surface area contributed by atoms with E-state index < -0.39 is 5.91 Å². The minimum atomic E-state index is -0.598. The Balaban J connectivity index is 1.55. The van der Waals surface area contributed by atoms with E-state index in [1.54, 1.807) is 10.7 Å². The van der Waals surface area contributed by atoms with E-state index in [0.717, 1.165) is 35.6 Å². The molecule has 2 amide bonds. The fourth-order valence-corrected chi connectivity index (χ4v) is 4.42. The Bertz CT molecular complexity index is 1120. The van der Waals surface area contributed by atoms with E-state index in [0.29, 0.717) is 25.0 Å². The Morgan fingerprint density at radius 1 is 1.16 bits per heavy atom. The molecule has 3 heterocycles. The van der Waals surface area contributed by atoms with E-state index in [1.165, 1.54) is 0 Å². The van der Waals surface area contributed by atoms with Gasteiger partial charge in [-0.3, -0.25) is 14.0 Å². The average Bonchev–Trinajstić information content (AvgIpc) is 3.18. The number of rotatable bonds is 5. The van der Waals surface area contributed by atoms with E-state index in [4.69, 9.17) is 5.73 Å². The molecule has 1 atom stereocenters. The van der Waals surface area contributed by atoms with E-state index >= 15 is 0 Å². The zero-order valence-electron chi connectivity index (χ0n) is 18.2. The first-order valence-corrected chi connectivity index (χ1v) is 10.5. The molecule has 2 N–H and O–H groups in total.